The molecule has 132 valence electrons. The normalized spacial score (nSPS) is 14.4. The molecule has 0 fully saturated rings. The largest absolute Gasteiger partial charge is 0.493 e. The van der Waals surface area contributed by atoms with Crippen molar-refractivity contribution in [3.05, 3.63) is 46.4 Å². The molecule has 1 aliphatic heterocycles. The van der Waals surface area contributed by atoms with E-state index in [0.29, 0.717) is 35.4 Å². The molecule has 1 amide bonds. The standard InChI is InChI=1S/C19H22N2O4/c1-13-6-9-20(10-7-13)17(22)12-21-11-8-14-15(19(21)23)4-5-16(24-2)18(14)25-3/h4-6,8,11H,7,9-10,12H2,1-3H3. The van der Waals surface area contributed by atoms with Crippen LogP contribution in [0, 0.1) is 0 Å². The van der Waals surface area contributed by atoms with Crippen molar-refractivity contribution in [2.45, 2.75) is 19.9 Å². The molecule has 0 saturated heterocycles. The van der Waals surface area contributed by atoms with Crippen LogP contribution in [0.5, 0.6) is 11.5 Å². The molecule has 0 unspecified atom stereocenters. The Morgan fingerprint density at radius 1 is 1.16 bits per heavy atom. The van der Waals surface area contributed by atoms with Crippen LogP contribution in [0.3, 0.4) is 0 Å². The van der Waals surface area contributed by atoms with Crippen molar-refractivity contribution in [1.29, 1.82) is 0 Å². The van der Waals surface area contributed by atoms with E-state index in [1.54, 1.807) is 36.4 Å². The number of hydrogen-bond donors (Lipinski definition) is 0. The third-order valence-corrected chi connectivity index (χ3v) is 4.59. The van der Waals surface area contributed by atoms with Gasteiger partial charge in [-0.2, -0.15) is 0 Å². The average Bonchev–Trinajstić information content (AvgIpc) is 2.63. The van der Waals surface area contributed by atoms with Gasteiger partial charge in [-0.25, -0.2) is 0 Å². The summed E-state index contributed by atoms with van der Waals surface area (Å²) in [5.74, 6) is 1.04. The number of carbonyl (C=O) groups is 1. The molecule has 0 bridgehead atoms. The zero-order valence-electron chi connectivity index (χ0n) is 14.7. The van der Waals surface area contributed by atoms with Gasteiger partial charge in [-0.15, -0.1) is 0 Å². The first kappa shape index (κ1) is 17.1. The molecule has 0 atom stereocenters. The van der Waals surface area contributed by atoms with Crippen molar-refractivity contribution in [3.8, 4) is 11.5 Å². The van der Waals surface area contributed by atoms with E-state index in [1.165, 1.54) is 17.3 Å². The van der Waals surface area contributed by atoms with Crippen LogP contribution < -0.4 is 15.0 Å². The molecule has 0 saturated carbocycles. The molecule has 0 radical (unpaired) electrons. The second kappa shape index (κ2) is 7.01. The van der Waals surface area contributed by atoms with Crippen LogP contribution >= 0.6 is 0 Å². The molecule has 1 aromatic heterocycles. The summed E-state index contributed by atoms with van der Waals surface area (Å²) < 4.78 is 12.1. The number of benzene rings is 1. The van der Waals surface area contributed by atoms with Crippen LogP contribution in [0.15, 0.2) is 40.8 Å². The molecule has 1 aromatic carbocycles. The SMILES string of the molecule is COc1ccc2c(=O)n(CC(=O)N3CC=C(C)CC3)ccc2c1OC. The molecule has 25 heavy (non-hydrogen) atoms. The van der Waals surface area contributed by atoms with Crippen LogP contribution in [0.2, 0.25) is 0 Å². The first-order valence-electron chi connectivity index (χ1n) is 8.22. The third-order valence-electron chi connectivity index (χ3n) is 4.59. The molecule has 0 aliphatic carbocycles. The number of amides is 1. The first-order chi connectivity index (χ1) is 12.0. The van der Waals surface area contributed by atoms with Crippen molar-refractivity contribution in [2.75, 3.05) is 27.3 Å². The van der Waals surface area contributed by atoms with Gasteiger partial charge in [0, 0.05) is 24.7 Å². The fraction of sp³-hybridized carbons (Fsp3) is 0.368. The number of nitrogens with zero attached hydrogens (tertiary/aromatic N) is 2. The highest BCUT2D eigenvalue weighted by Crippen LogP contribution is 2.33. The molecule has 0 spiro atoms. The average molecular weight is 342 g/mol. The number of aromatic nitrogens is 1. The van der Waals surface area contributed by atoms with Gasteiger partial charge in [0.1, 0.15) is 6.54 Å². The summed E-state index contributed by atoms with van der Waals surface area (Å²) in [4.78, 5) is 27.0. The Morgan fingerprint density at radius 3 is 2.60 bits per heavy atom. The molecule has 0 N–H and O–H groups in total. The molecule has 2 heterocycles. The summed E-state index contributed by atoms with van der Waals surface area (Å²) in [5, 5.41) is 1.18. The Morgan fingerprint density at radius 2 is 1.96 bits per heavy atom. The summed E-state index contributed by atoms with van der Waals surface area (Å²) in [5.41, 5.74) is 1.09. The highest BCUT2D eigenvalue weighted by Gasteiger charge is 2.18. The first-order valence-corrected chi connectivity index (χ1v) is 8.22. The smallest absolute Gasteiger partial charge is 0.259 e. The van der Waals surface area contributed by atoms with Crippen molar-refractivity contribution < 1.29 is 14.3 Å². The van der Waals surface area contributed by atoms with Gasteiger partial charge in [-0.3, -0.25) is 9.59 Å². The van der Waals surface area contributed by atoms with Crippen molar-refractivity contribution in [1.82, 2.24) is 9.47 Å². The molecule has 6 nitrogen and oxygen atoms in total. The van der Waals surface area contributed by atoms with E-state index in [2.05, 4.69) is 13.0 Å². The Balaban J connectivity index is 1.92. The van der Waals surface area contributed by atoms with E-state index in [1.807, 2.05) is 0 Å². The topological polar surface area (TPSA) is 60.8 Å². The lowest BCUT2D eigenvalue weighted by molar-refractivity contribution is -0.131. The summed E-state index contributed by atoms with van der Waals surface area (Å²) in [7, 11) is 3.09. The second-order valence-electron chi connectivity index (χ2n) is 6.15. The van der Waals surface area contributed by atoms with Gasteiger partial charge in [-0.1, -0.05) is 11.6 Å². The predicted molar refractivity (Wildman–Crippen MR) is 96.3 cm³/mol. The maximum absolute atomic E-state index is 12.8. The highest BCUT2D eigenvalue weighted by atomic mass is 16.5. The minimum absolute atomic E-state index is 0.0377. The molecule has 3 rings (SSSR count). The van der Waals surface area contributed by atoms with Crippen LogP contribution in [-0.2, 0) is 11.3 Å². The van der Waals surface area contributed by atoms with Gasteiger partial charge in [-0.05, 0) is 31.5 Å². The van der Waals surface area contributed by atoms with Crippen LogP contribution in [-0.4, -0.2) is 42.7 Å². The molecular weight excluding hydrogens is 320 g/mol. The van der Waals surface area contributed by atoms with Crippen LogP contribution in [0.25, 0.3) is 10.8 Å². The molecular formula is C19H22N2O4. The van der Waals surface area contributed by atoms with Gasteiger partial charge >= 0.3 is 0 Å². The monoisotopic (exact) mass is 342 g/mol. The Labute approximate surface area is 146 Å². The molecule has 1 aliphatic rings. The van der Waals surface area contributed by atoms with Crippen LogP contribution in [0.1, 0.15) is 13.3 Å². The minimum Gasteiger partial charge on any atom is -0.493 e. The van der Waals surface area contributed by atoms with E-state index >= 15 is 0 Å². The van der Waals surface area contributed by atoms with Crippen molar-refractivity contribution in [3.63, 3.8) is 0 Å². The summed E-state index contributed by atoms with van der Waals surface area (Å²) in [6.45, 7) is 3.42. The quantitative estimate of drug-likeness (QED) is 0.799. The lowest BCUT2D eigenvalue weighted by Crippen LogP contribution is -2.38. The summed E-state index contributed by atoms with van der Waals surface area (Å²) in [6.07, 6.45) is 4.58. The van der Waals surface area contributed by atoms with E-state index in [-0.39, 0.29) is 18.0 Å². The Bertz CT molecular complexity index is 898. The van der Waals surface area contributed by atoms with E-state index in [0.717, 1.165) is 6.42 Å². The number of ether oxygens (including phenoxy) is 2. The lowest BCUT2D eigenvalue weighted by Gasteiger charge is -2.25. The summed E-state index contributed by atoms with van der Waals surface area (Å²) in [6, 6.07) is 5.19. The van der Waals surface area contributed by atoms with E-state index in [9.17, 15) is 9.59 Å². The van der Waals surface area contributed by atoms with Crippen LogP contribution in [0.4, 0.5) is 0 Å². The zero-order valence-corrected chi connectivity index (χ0v) is 14.7. The maximum Gasteiger partial charge on any atom is 0.259 e. The van der Waals surface area contributed by atoms with Gasteiger partial charge in [0.2, 0.25) is 5.91 Å². The second-order valence-corrected chi connectivity index (χ2v) is 6.15. The Kier molecular flexibility index (Phi) is 4.79. The third kappa shape index (κ3) is 3.24. The van der Waals surface area contributed by atoms with Gasteiger partial charge in [0.25, 0.3) is 5.56 Å². The van der Waals surface area contributed by atoms with Gasteiger partial charge in [0.05, 0.1) is 19.6 Å². The Hall–Kier alpha value is -2.76. The van der Waals surface area contributed by atoms with E-state index < -0.39 is 0 Å². The number of methoxy groups -OCH3 is 2. The van der Waals surface area contributed by atoms with Gasteiger partial charge in [0.15, 0.2) is 11.5 Å². The minimum atomic E-state index is -0.212. The van der Waals surface area contributed by atoms with E-state index in [4.69, 9.17) is 9.47 Å². The number of rotatable bonds is 4. The number of pyridine rings is 1. The fourth-order valence-electron chi connectivity index (χ4n) is 3.06. The number of hydrogen-bond acceptors (Lipinski definition) is 4. The predicted octanol–water partition coefficient (Wildman–Crippen LogP) is 2.20. The summed E-state index contributed by atoms with van der Waals surface area (Å²) >= 11 is 0. The van der Waals surface area contributed by atoms with Crippen molar-refractivity contribution in [2.24, 2.45) is 0 Å². The fourth-order valence-corrected chi connectivity index (χ4v) is 3.06. The zero-order chi connectivity index (χ0) is 18.0. The molecule has 6 heteroatoms. The number of carbonyl (C=O) groups excluding carboxylic acids is 1. The van der Waals surface area contributed by atoms with Crippen molar-refractivity contribution >= 4 is 16.7 Å². The number of fused-ring (bicyclic) bond motifs is 1. The maximum atomic E-state index is 12.8. The highest BCUT2D eigenvalue weighted by molar-refractivity contribution is 5.90. The molecule has 2 aromatic rings. The van der Waals surface area contributed by atoms with Gasteiger partial charge < -0.3 is 18.9 Å². The lowest BCUT2D eigenvalue weighted by atomic mass is 10.1.